The third-order valence-corrected chi connectivity index (χ3v) is 5.52. The van der Waals surface area contributed by atoms with E-state index in [1.165, 1.54) is 30.3 Å². The zero-order valence-corrected chi connectivity index (χ0v) is 15.0. The number of sulfonamides is 1. The number of hydrogen-bond acceptors (Lipinski definition) is 5. The van der Waals surface area contributed by atoms with Gasteiger partial charge < -0.3 is 10.2 Å². The average Bonchev–Trinajstić information content (AvgIpc) is 2.90. The van der Waals surface area contributed by atoms with Gasteiger partial charge in [-0.25, -0.2) is 13.2 Å². The van der Waals surface area contributed by atoms with Crippen molar-refractivity contribution in [2.24, 2.45) is 0 Å². The van der Waals surface area contributed by atoms with Crippen molar-refractivity contribution in [1.82, 2.24) is 9.62 Å². The fourth-order valence-corrected chi connectivity index (χ4v) is 3.76. The first kappa shape index (κ1) is 17.7. The molecule has 0 spiro atoms. The van der Waals surface area contributed by atoms with Crippen molar-refractivity contribution >= 4 is 33.7 Å². The number of anilines is 1. The van der Waals surface area contributed by atoms with Gasteiger partial charge in [0.2, 0.25) is 0 Å². The summed E-state index contributed by atoms with van der Waals surface area (Å²) in [4.78, 5) is 26.4. The van der Waals surface area contributed by atoms with Gasteiger partial charge in [-0.1, -0.05) is 30.3 Å². The van der Waals surface area contributed by atoms with Gasteiger partial charge in [0.15, 0.2) is 0 Å². The number of carbonyl (C=O) groups is 2. The van der Waals surface area contributed by atoms with Crippen LogP contribution in [-0.2, 0) is 14.8 Å². The molecular weight excluding hydrogens is 354 g/mol. The summed E-state index contributed by atoms with van der Waals surface area (Å²) < 4.78 is 25.4. The second kappa shape index (κ2) is 6.64. The number of imide groups is 1. The van der Waals surface area contributed by atoms with Crippen molar-refractivity contribution < 1.29 is 18.0 Å². The molecule has 7 nitrogen and oxygen atoms in total. The Hall–Kier alpha value is -3.13. The van der Waals surface area contributed by atoms with E-state index in [1.807, 2.05) is 31.1 Å². The van der Waals surface area contributed by atoms with Crippen molar-refractivity contribution in [3.8, 4) is 0 Å². The Morgan fingerprint density at radius 1 is 0.962 bits per heavy atom. The van der Waals surface area contributed by atoms with Gasteiger partial charge in [0.1, 0.15) is 5.70 Å². The third-order valence-electron chi connectivity index (χ3n) is 3.84. The molecule has 0 atom stereocenters. The van der Waals surface area contributed by atoms with Crippen LogP contribution in [0, 0.1) is 0 Å². The highest BCUT2D eigenvalue weighted by Crippen LogP contribution is 2.23. The van der Waals surface area contributed by atoms with Crippen LogP contribution in [0.3, 0.4) is 0 Å². The second-order valence-electron chi connectivity index (χ2n) is 5.86. The summed E-state index contributed by atoms with van der Waals surface area (Å²) in [6.07, 6.45) is 1.44. The minimum absolute atomic E-state index is 0.0906. The van der Waals surface area contributed by atoms with Crippen LogP contribution in [0.1, 0.15) is 5.56 Å². The molecule has 134 valence electrons. The van der Waals surface area contributed by atoms with E-state index in [-0.39, 0.29) is 14.9 Å². The lowest BCUT2D eigenvalue weighted by Crippen LogP contribution is -2.36. The highest BCUT2D eigenvalue weighted by Gasteiger charge is 2.43. The number of rotatable bonds is 4. The Labute approximate surface area is 151 Å². The van der Waals surface area contributed by atoms with Crippen molar-refractivity contribution in [3.63, 3.8) is 0 Å². The lowest BCUT2D eigenvalue weighted by molar-refractivity contribution is -0.119. The van der Waals surface area contributed by atoms with Crippen molar-refractivity contribution in [2.45, 2.75) is 4.90 Å². The van der Waals surface area contributed by atoms with Crippen molar-refractivity contribution in [2.75, 3.05) is 19.0 Å². The summed E-state index contributed by atoms with van der Waals surface area (Å²) in [5.41, 5.74) is 1.55. The number of carbonyl (C=O) groups excluding carboxylic acids is 2. The first-order valence-corrected chi connectivity index (χ1v) is 9.19. The largest absolute Gasteiger partial charge is 0.378 e. The summed E-state index contributed by atoms with van der Waals surface area (Å²) in [6, 6.07) is 13.6. The van der Waals surface area contributed by atoms with E-state index in [2.05, 4.69) is 5.32 Å². The van der Waals surface area contributed by atoms with Gasteiger partial charge >= 0.3 is 6.03 Å². The van der Waals surface area contributed by atoms with E-state index >= 15 is 0 Å². The Morgan fingerprint density at radius 2 is 1.58 bits per heavy atom. The first-order chi connectivity index (χ1) is 12.3. The van der Waals surface area contributed by atoms with E-state index in [0.717, 1.165) is 5.69 Å². The number of hydrogen-bond donors (Lipinski definition) is 1. The molecule has 26 heavy (non-hydrogen) atoms. The van der Waals surface area contributed by atoms with Crippen LogP contribution in [0.25, 0.3) is 6.08 Å². The van der Waals surface area contributed by atoms with Crippen molar-refractivity contribution in [1.29, 1.82) is 0 Å². The van der Waals surface area contributed by atoms with E-state index in [1.54, 1.807) is 18.2 Å². The van der Waals surface area contributed by atoms with Crippen LogP contribution in [0.2, 0.25) is 0 Å². The molecule has 0 saturated carbocycles. The van der Waals surface area contributed by atoms with Gasteiger partial charge in [-0.2, -0.15) is 0 Å². The number of urea groups is 1. The molecule has 1 saturated heterocycles. The van der Waals surface area contributed by atoms with Crippen LogP contribution in [0.4, 0.5) is 10.5 Å². The van der Waals surface area contributed by atoms with Gasteiger partial charge in [0, 0.05) is 19.8 Å². The topological polar surface area (TPSA) is 86.8 Å². The molecule has 1 heterocycles. The molecule has 1 fully saturated rings. The third kappa shape index (κ3) is 3.18. The Morgan fingerprint density at radius 3 is 2.15 bits per heavy atom. The lowest BCUT2D eigenvalue weighted by atomic mass is 10.1. The monoisotopic (exact) mass is 371 g/mol. The van der Waals surface area contributed by atoms with E-state index < -0.39 is 22.0 Å². The smallest absolute Gasteiger partial charge is 0.343 e. The molecule has 0 aromatic heterocycles. The maximum Gasteiger partial charge on any atom is 0.343 e. The van der Waals surface area contributed by atoms with Gasteiger partial charge in [0.05, 0.1) is 4.90 Å². The summed E-state index contributed by atoms with van der Waals surface area (Å²) in [5.74, 6) is -0.907. The van der Waals surface area contributed by atoms with Crippen LogP contribution < -0.4 is 10.2 Å². The molecule has 2 aromatic rings. The van der Waals surface area contributed by atoms with Crippen LogP contribution in [0.15, 0.2) is 65.2 Å². The fraction of sp³-hybridized carbons (Fsp3) is 0.111. The molecule has 8 heteroatoms. The lowest BCUT2D eigenvalue weighted by Gasteiger charge is -2.12. The Kier molecular flexibility index (Phi) is 4.52. The molecule has 3 rings (SSSR count). The average molecular weight is 371 g/mol. The zero-order chi connectivity index (χ0) is 18.9. The summed E-state index contributed by atoms with van der Waals surface area (Å²) in [5, 5.41) is 2.32. The van der Waals surface area contributed by atoms with Crippen LogP contribution in [-0.4, -0.2) is 38.8 Å². The van der Waals surface area contributed by atoms with Crippen molar-refractivity contribution in [3.05, 3.63) is 65.9 Å². The van der Waals surface area contributed by atoms with Gasteiger partial charge in [-0.05, 0) is 35.9 Å². The SMILES string of the molecule is CN(C)c1ccc(/C=C2\NC(=O)N(S(=O)(=O)c3ccccc3)C2=O)cc1. The fourth-order valence-electron chi connectivity index (χ4n) is 2.47. The molecule has 1 aliphatic rings. The Balaban J connectivity index is 1.92. The van der Waals surface area contributed by atoms with Gasteiger partial charge in [0.25, 0.3) is 15.9 Å². The number of benzene rings is 2. The molecule has 0 unspecified atom stereocenters. The molecule has 3 amide bonds. The summed E-state index contributed by atoms with van der Waals surface area (Å²) in [6.45, 7) is 0. The van der Waals surface area contributed by atoms with Gasteiger partial charge in [-0.3, -0.25) is 4.79 Å². The van der Waals surface area contributed by atoms with E-state index in [9.17, 15) is 18.0 Å². The number of nitrogens with zero attached hydrogens (tertiary/aromatic N) is 2. The standard InChI is InChI=1S/C18H17N3O4S/c1-20(2)14-10-8-13(9-11-14)12-16-17(22)21(18(23)19-16)26(24,25)15-6-4-3-5-7-15/h3-12H,1-2H3,(H,19,23)/b16-12-. The molecule has 2 aromatic carbocycles. The second-order valence-corrected chi connectivity index (χ2v) is 7.65. The molecule has 0 radical (unpaired) electrons. The quantitative estimate of drug-likeness (QED) is 0.656. The minimum Gasteiger partial charge on any atom is -0.378 e. The van der Waals surface area contributed by atoms with Gasteiger partial charge in [-0.15, -0.1) is 4.31 Å². The molecule has 0 aliphatic carbocycles. The highest BCUT2D eigenvalue weighted by atomic mass is 32.2. The first-order valence-electron chi connectivity index (χ1n) is 7.75. The maximum atomic E-state index is 12.6. The van der Waals surface area contributed by atoms with Crippen LogP contribution in [0.5, 0.6) is 0 Å². The summed E-state index contributed by atoms with van der Waals surface area (Å²) >= 11 is 0. The maximum absolute atomic E-state index is 12.6. The minimum atomic E-state index is -4.26. The molecule has 0 bridgehead atoms. The van der Waals surface area contributed by atoms with Crippen LogP contribution >= 0.6 is 0 Å². The molecule has 1 aliphatic heterocycles. The van der Waals surface area contributed by atoms with E-state index in [0.29, 0.717) is 5.56 Å². The predicted molar refractivity (Wildman–Crippen MR) is 97.8 cm³/mol. The highest BCUT2D eigenvalue weighted by molar-refractivity contribution is 7.90. The normalized spacial score (nSPS) is 16.1. The van der Waals surface area contributed by atoms with E-state index in [4.69, 9.17) is 0 Å². The molecule has 1 N–H and O–H groups in total. The number of nitrogens with one attached hydrogen (secondary N) is 1. The predicted octanol–water partition coefficient (Wildman–Crippen LogP) is 2.03. The molecular formula is C18H17N3O4S. The zero-order valence-electron chi connectivity index (χ0n) is 14.2. The number of amides is 3. The Bertz CT molecular complexity index is 981. The summed E-state index contributed by atoms with van der Waals surface area (Å²) in [7, 11) is -0.449.